The van der Waals surface area contributed by atoms with Gasteiger partial charge < -0.3 is 15.3 Å². The highest BCUT2D eigenvalue weighted by atomic mass is 16.3. The Bertz CT molecular complexity index is 408. The minimum Gasteiger partial charge on any atom is -0.393 e. The van der Waals surface area contributed by atoms with Crippen LogP contribution < -0.4 is 10.2 Å². The molecule has 0 amide bonds. The zero-order chi connectivity index (χ0) is 13.8. The first-order valence-corrected chi connectivity index (χ1v) is 7.18. The van der Waals surface area contributed by atoms with Gasteiger partial charge in [0, 0.05) is 37.4 Å². The van der Waals surface area contributed by atoms with Crippen LogP contribution in [-0.4, -0.2) is 35.3 Å². The van der Waals surface area contributed by atoms with E-state index in [9.17, 15) is 5.11 Å². The largest absolute Gasteiger partial charge is 0.393 e. The minimum absolute atomic E-state index is 0.169. The highest BCUT2D eigenvalue weighted by molar-refractivity contribution is 5.47. The summed E-state index contributed by atoms with van der Waals surface area (Å²) < 4.78 is 0. The van der Waals surface area contributed by atoms with Crippen molar-refractivity contribution in [3.8, 4) is 0 Å². The van der Waals surface area contributed by atoms with E-state index in [1.165, 1.54) is 5.56 Å². The molecule has 0 bridgehead atoms. The lowest BCUT2D eigenvalue weighted by molar-refractivity contribution is 0.0968. The van der Waals surface area contributed by atoms with Crippen molar-refractivity contribution in [1.82, 2.24) is 10.3 Å². The summed E-state index contributed by atoms with van der Waals surface area (Å²) in [6.45, 7) is 9.01. The van der Waals surface area contributed by atoms with Gasteiger partial charge in [-0.05, 0) is 18.4 Å². The van der Waals surface area contributed by atoms with Gasteiger partial charge in [0.2, 0.25) is 0 Å². The van der Waals surface area contributed by atoms with E-state index in [2.05, 4.69) is 42.0 Å². The molecular weight excluding hydrogens is 238 g/mol. The third kappa shape index (κ3) is 3.67. The van der Waals surface area contributed by atoms with Gasteiger partial charge in [-0.15, -0.1) is 0 Å². The van der Waals surface area contributed by atoms with Crippen LogP contribution in [0.2, 0.25) is 0 Å². The molecule has 0 spiro atoms. The van der Waals surface area contributed by atoms with Gasteiger partial charge >= 0.3 is 0 Å². The van der Waals surface area contributed by atoms with Crippen LogP contribution >= 0.6 is 0 Å². The summed E-state index contributed by atoms with van der Waals surface area (Å²) in [4.78, 5) is 6.84. The molecule has 0 radical (unpaired) electrons. The van der Waals surface area contributed by atoms with Crippen molar-refractivity contribution in [2.24, 2.45) is 5.92 Å². The van der Waals surface area contributed by atoms with E-state index in [1.807, 2.05) is 12.3 Å². The molecule has 0 saturated carbocycles. The molecule has 4 nitrogen and oxygen atoms in total. The molecule has 1 fully saturated rings. The standard InChI is InChI=1S/C15H25N3O/c1-11(2)17-9-13-5-4-7-16-15(13)18-8-6-14(19)12(3)10-18/h4-5,7,11-12,14,17,19H,6,8-10H2,1-3H3. The van der Waals surface area contributed by atoms with E-state index >= 15 is 0 Å². The number of aliphatic hydroxyl groups is 1. The summed E-state index contributed by atoms with van der Waals surface area (Å²) in [6, 6.07) is 4.59. The topological polar surface area (TPSA) is 48.4 Å². The van der Waals surface area contributed by atoms with Gasteiger partial charge in [0.15, 0.2) is 0 Å². The Morgan fingerprint density at radius 2 is 2.32 bits per heavy atom. The molecule has 0 aromatic carbocycles. The molecular formula is C15H25N3O. The molecule has 106 valence electrons. The lowest BCUT2D eigenvalue weighted by atomic mass is 9.96. The molecule has 1 aromatic heterocycles. The monoisotopic (exact) mass is 263 g/mol. The maximum Gasteiger partial charge on any atom is 0.133 e. The summed E-state index contributed by atoms with van der Waals surface area (Å²) in [5.41, 5.74) is 1.24. The van der Waals surface area contributed by atoms with Gasteiger partial charge in [-0.2, -0.15) is 0 Å². The number of hydrogen-bond donors (Lipinski definition) is 2. The number of pyridine rings is 1. The average molecular weight is 263 g/mol. The third-order valence-electron chi connectivity index (χ3n) is 3.73. The molecule has 4 heteroatoms. The van der Waals surface area contributed by atoms with Gasteiger partial charge in [0.1, 0.15) is 5.82 Å². The predicted octanol–water partition coefficient (Wildman–Crippen LogP) is 1.79. The van der Waals surface area contributed by atoms with E-state index in [4.69, 9.17) is 0 Å². The number of nitrogens with zero attached hydrogens (tertiary/aromatic N) is 2. The van der Waals surface area contributed by atoms with Crippen molar-refractivity contribution in [1.29, 1.82) is 0 Å². The maximum absolute atomic E-state index is 9.83. The molecule has 2 unspecified atom stereocenters. The van der Waals surface area contributed by atoms with Crippen molar-refractivity contribution in [3.63, 3.8) is 0 Å². The minimum atomic E-state index is -0.169. The summed E-state index contributed by atoms with van der Waals surface area (Å²) in [5, 5.41) is 13.3. The van der Waals surface area contributed by atoms with Crippen molar-refractivity contribution >= 4 is 5.82 Å². The van der Waals surface area contributed by atoms with Crippen LogP contribution in [0.1, 0.15) is 32.8 Å². The number of piperidine rings is 1. The number of aliphatic hydroxyl groups excluding tert-OH is 1. The van der Waals surface area contributed by atoms with Crippen LogP contribution in [-0.2, 0) is 6.54 Å². The van der Waals surface area contributed by atoms with Crippen LogP contribution in [0.3, 0.4) is 0 Å². The lowest BCUT2D eigenvalue weighted by Crippen LogP contribution is -2.43. The molecule has 1 aliphatic rings. The third-order valence-corrected chi connectivity index (χ3v) is 3.73. The first kappa shape index (κ1) is 14.3. The van der Waals surface area contributed by atoms with Gasteiger partial charge in [-0.25, -0.2) is 4.98 Å². The Morgan fingerprint density at radius 3 is 3.00 bits per heavy atom. The van der Waals surface area contributed by atoms with E-state index in [0.717, 1.165) is 31.9 Å². The van der Waals surface area contributed by atoms with Crippen molar-refractivity contribution in [2.45, 2.75) is 45.9 Å². The lowest BCUT2D eigenvalue weighted by Gasteiger charge is -2.36. The Labute approximate surface area is 115 Å². The number of hydrogen-bond acceptors (Lipinski definition) is 4. The molecule has 2 atom stereocenters. The van der Waals surface area contributed by atoms with Gasteiger partial charge in [0.25, 0.3) is 0 Å². The van der Waals surface area contributed by atoms with Crippen LogP contribution in [0.25, 0.3) is 0 Å². The van der Waals surface area contributed by atoms with Gasteiger partial charge in [-0.3, -0.25) is 0 Å². The SMILES string of the molecule is CC(C)NCc1cccnc1N1CCC(O)C(C)C1. The van der Waals surface area contributed by atoms with E-state index in [0.29, 0.717) is 12.0 Å². The summed E-state index contributed by atoms with van der Waals surface area (Å²) in [5.74, 6) is 1.37. The fourth-order valence-corrected chi connectivity index (χ4v) is 2.49. The molecule has 1 saturated heterocycles. The van der Waals surface area contributed by atoms with E-state index < -0.39 is 0 Å². The molecule has 2 heterocycles. The number of anilines is 1. The molecule has 2 rings (SSSR count). The van der Waals surface area contributed by atoms with Crippen molar-refractivity contribution in [2.75, 3.05) is 18.0 Å². The van der Waals surface area contributed by atoms with Crippen molar-refractivity contribution < 1.29 is 5.11 Å². The Balaban J connectivity index is 2.10. The number of rotatable bonds is 4. The zero-order valence-corrected chi connectivity index (χ0v) is 12.1. The molecule has 2 N–H and O–H groups in total. The molecule has 0 aliphatic carbocycles. The second kappa shape index (κ2) is 6.35. The first-order valence-electron chi connectivity index (χ1n) is 7.18. The quantitative estimate of drug-likeness (QED) is 0.869. The molecule has 1 aliphatic heterocycles. The molecule has 19 heavy (non-hydrogen) atoms. The van der Waals surface area contributed by atoms with Crippen LogP contribution in [0, 0.1) is 5.92 Å². The fraction of sp³-hybridized carbons (Fsp3) is 0.667. The average Bonchev–Trinajstić information content (AvgIpc) is 2.40. The van der Waals surface area contributed by atoms with Crippen LogP contribution in [0.5, 0.6) is 0 Å². The van der Waals surface area contributed by atoms with E-state index in [1.54, 1.807) is 0 Å². The Kier molecular flexibility index (Phi) is 4.77. The summed E-state index contributed by atoms with van der Waals surface area (Å²) >= 11 is 0. The second-order valence-corrected chi connectivity index (χ2v) is 5.80. The normalized spacial score (nSPS) is 23.9. The number of nitrogens with one attached hydrogen (secondary N) is 1. The van der Waals surface area contributed by atoms with Gasteiger partial charge in [0.05, 0.1) is 6.10 Å². The summed E-state index contributed by atoms with van der Waals surface area (Å²) in [7, 11) is 0. The van der Waals surface area contributed by atoms with Crippen LogP contribution in [0.4, 0.5) is 5.82 Å². The highest BCUT2D eigenvalue weighted by Gasteiger charge is 2.25. The Hall–Kier alpha value is -1.13. The molecule has 1 aromatic rings. The predicted molar refractivity (Wildman–Crippen MR) is 78.2 cm³/mol. The van der Waals surface area contributed by atoms with E-state index in [-0.39, 0.29) is 6.10 Å². The fourth-order valence-electron chi connectivity index (χ4n) is 2.49. The van der Waals surface area contributed by atoms with Gasteiger partial charge in [-0.1, -0.05) is 26.8 Å². The highest BCUT2D eigenvalue weighted by Crippen LogP contribution is 2.24. The zero-order valence-electron chi connectivity index (χ0n) is 12.1. The second-order valence-electron chi connectivity index (χ2n) is 5.80. The first-order chi connectivity index (χ1) is 9.08. The maximum atomic E-state index is 9.83. The Morgan fingerprint density at radius 1 is 1.53 bits per heavy atom. The van der Waals surface area contributed by atoms with Crippen molar-refractivity contribution in [3.05, 3.63) is 23.9 Å². The smallest absolute Gasteiger partial charge is 0.133 e. The van der Waals surface area contributed by atoms with Crippen LogP contribution in [0.15, 0.2) is 18.3 Å². The summed E-state index contributed by atoms with van der Waals surface area (Å²) in [6.07, 6.45) is 2.51. The number of aromatic nitrogens is 1.